The van der Waals surface area contributed by atoms with Gasteiger partial charge in [0.25, 0.3) is 0 Å². The zero-order chi connectivity index (χ0) is 13.1. The minimum absolute atomic E-state index is 0.0846. The molecule has 18 heavy (non-hydrogen) atoms. The van der Waals surface area contributed by atoms with Gasteiger partial charge in [-0.3, -0.25) is 0 Å². The van der Waals surface area contributed by atoms with Gasteiger partial charge in [-0.2, -0.15) is 0 Å². The molecule has 0 aliphatic heterocycles. The lowest BCUT2D eigenvalue weighted by molar-refractivity contribution is 0.429. The van der Waals surface area contributed by atoms with Crippen molar-refractivity contribution in [1.82, 2.24) is 15.5 Å². The molecule has 2 aromatic rings. The standard InChI is InChI=1S/C14H19N3O/c1-5-15-11(4)13-16-17-14(18-13)12-8-9(2)6-7-10(12)3/h6-8,11,15H,5H2,1-4H3. The Morgan fingerprint density at radius 3 is 2.78 bits per heavy atom. The molecule has 1 N–H and O–H groups in total. The summed E-state index contributed by atoms with van der Waals surface area (Å²) in [5, 5.41) is 11.5. The van der Waals surface area contributed by atoms with E-state index in [0.29, 0.717) is 11.8 Å². The van der Waals surface area contributed by atoms with Gasteiger partial charge in [0.15, 0.2) is 0 Å². The van der Waals surface area contributed by atoms with E-state index in [1.807, 2.05) is 13.8 Å². The molecular formula is C14H19N3O. The Kier molecular flexibility index (Phi) is 3.77. The molecule has 0 aliphatic rings. The summed E-state index contributed by atoms with van der Waals surface area (Å²) in [4.78, 5) is 0. The lowest BCUT2D eigenvalue weighted by atomic mass is 10.1. The Labute approximate surface area is 107 Å². The van der Waals surface area contributed by atoms with Gasteiger partial charge in [0.1, 0.15) is 0 Å². The molecule has 96 valence electrons. The van der Waals surface area contributed by atoms with E-state index in [9.17, 15) is 0 Å². The summed E-state index contributed by atoms with van der Waals surface area (Å²) in [7, 11) is 0. The summed E-state index contributed by atoms with van der Waals surface area (Å²) < 4.78 is 5.74. The summed E-state index contributed by atoms with van der Waals surface area (Å²) in [5.74, 6) is 1.23. The molecule has 1 aromatic carbocycles. The summed E-state index contributed by atoms with van der Waals surface area (Å²) >= 11 is 0. The third-order valence-electron chi connectivity index (χ3n) is 2.94. The second-order valence-corrected chi connectivity index (χ2v) is 4.54. The van der Waals surface area contributed by atoms with Crippen LogP contribution >= 0.6 is 0 Å². The van der Waals surface area contributed by atoms with E-state index in [1.165, 1.54) is 5.56 Å². The fourth-order valence-electron chi connectivity index (χ4n) is 1.88. The Balaban J connectivity index is 2.32. The van der Waals surface area contributed by atoms with Crippen LogP contribution in [0.1, 0.15) is 36.9 Å². The number of benzene rings is 1. The summed E-state index contributed by atoms with van der Waals surface area (Å²) in [6.07, 6.45) is 0. The minimum Gasteiger partial charge on any atom is -0.419 e. The highest BCUT2D eigenvalue weighted by atomic mass is 16.4. The number of rotatable bonds is 4. The van der Waals surface area contributed by atoms with E-state index in [-0.39, 0.29) is 6.04 Å². The van der Waals surface area contributed by atoms with E-state index in [4.69, 9.17) is 4.42 Å². The molecular weight excluding hydrogens is 226 g/mol. The van der Waals surface area contributed by atoms with Gasteiger partial charge in [-0.25, -0.2) is 0 Å². The van der Waals surface area contributed by atoms with Gasteiger partial charge in [-0.15, -0.1) is 10.2 Å². The van der Waals surface area contributed by atoms with Crippen molar-refractivity contribution in [2.75, 3.05) is 6.54 Å². The maximum absolute atomic E-state index is 5.74. The fraction of sp³-hybridized carbons (Fsp3) is 0.429. The van der Waals surface area contributed by atoms with Gasteiger partial charge >= 0.3 is 0 Å². The van der Waals surface area contributed by atoms with E-state index in [0.717, 1.165) is 17.7 Å². The molecule has 4 nitrogen and oxygen atoms in total. The molecule has 1 aromatic heterocycles. The van der Waals surface area contributed by atoms with Crippen LogP contribution in [0.2, 0.25) is 0 Å². The van der Waals surface area contributed by atoms with Gasteiger partial charge in [0, 0.05) is 5.56 Å². The van der Waals surface area contributed by atoms with Crippen molar-refractivity contribution in [1.29, 1.82) is 0 Å². The van der Waals surface area contributed by atoms with Gasteiger partial charge in [0.2, 0.25) is 11.8 Å². The minimum atomic E-state index is 0.0846. The van der Waals surface area contributed by atoms with Crippen LogP contribution in [0.4, 0.5) is 0 Å². The Bertz CT molecular complexity index is 534. The monoisotopic (exact) mass is 245 g/mol. The molecule has 0 bridgehead atoms. The molecule has 1 heterocycles. The SMILES string of the molecule is CCNC(C)c1nnc(-c2cc(C)ccc2C)o1. The summed E-state index contributed by atoms with van der Waals surface area (Å²) in [6, 6.07) is 6.31. The number of hydrogen-bond donors (Lipinski definition) is 1. The van der Waals surface area contributed by atoms with E-state index < -0.39 is 0 Å². The lowest BCUT2D eigenvalue weighted by Gasteiger charge is -2.06. The topological polar surface area (TPSA) is 51.0 Å². The molecule has 1 atom stereocenters. The molecule has 0 radical (unpaired) electrons. The van der Waals surface area contributed by atoms with Crippen LogP contribution in [0.3, 0.4) is 0 Å². The zero-order valence-corrected chi connectivity index (χ0v) is 11.3. The maximum Gasteiger partial charge on any atom is 0.248 e. The Hall–Kier alpha value is -1.68. The second-order valence-electron chi connectivity index (χ2n) is 4.54. The smallest absolute Gasteiger partial charge is 0.248 e. The highest BCUT2D eigenvalue weighted by molar-refractivity contribution is 5.59. The predicted molar refractivity (Wildman–Crippen MR) is 71.3 cm³/mol. The molecule has 0 saturated carbocycles. The molecule has 0 spiro atoms. The third kappa shape index (κ3) is 2.59. The van der Waals surface area contributed by atoms with Crippen molar-refractivity contribution in [2.24, 2.45) is 0 Å². The Morgan fingerprint density at radius 2 is 2.06 bits per heavy atom. The van der Waals surface area contributed by atoms with Crippen molar-refractivity contribution in [2.45, 2.75) is 33.7 Å². The Morgan fingerprint density at radius 1 is 1.28 bits per heavy atom. The molecule has 0 saturated heterocycles. The summed E-state index contributed by atoms with van der Waals surface area (Å²) in [5.41, 5.74) is 3.35. The van der Waals surface area contributed by atoms with E-state index in [2.05, 4.69) is 47.6 Å². The highest BCUT2D eigenvalue weighted by Crippen LogP contribution is 2.24. The average Bonchev–Trinajstić information content (AvgIpc) is 2.82. The van der Waals surface area contributed by atoms with Crippen molar-refractivity contribution < 1.29 is 4.42 Å². The highest BCUT2D eigenvalue weighted by Gasteiger charge is 2.15. The van der Waals surface area contributed by atoms with Crippen molar-refractivity contribution in [3.05, 3.63) is 35.2 Å². The molecule has 1 unspecified atom stereocenters. The first-order valence-electron chi connectivity index (χ1n) is 6.26. The molecule has 2 rings (SSSR count). The molecule has 0 amide bonds. The van der Waals surface area contributed by atoms with Gasteiger partial charge in [-0.1, -0.05) is 24.6 Å². The fourth-order valence-corrected chi connectivity index (χ4v) is 1.88. The van der Waals surface area contributed by atoms with E-state index >= 15 is 0 Å². The van der Waals surface area contributed by atoms with Crippen LogP contribution in [0.15, 0.2) is 22.6 Å². The molecule has 4 heteroatoms. The average molecular weight is 245 g/mol. The van der Waals surface area contributed by atoms with Crippen LogP contribution in [-0.2, 0) is 0 Å². The van der Waals surface area contributed by atoms with Gasteiger partial charge in [-0.05, 0) is 38.9 Å². The number of hydrogen-bond acceptors (Lipinski definition) is 4. The van der Waals surface area contributed by atoms with Crippen LogP contribution in [0, 0.1) is 13.8 Å². The van der Waals surface area contributed by atoms with Gasteiger partial charge < -0.3 is 9.73 Å². The predicted octanol–water partition coefficient (Wildman–Crippen LogP) is 3.02. The van der Waals surface area contributed by atoms with Crippen molar-refractivity contribution in [3.8, 4) is 11.5 Å². The van der Waals surface area contributed by atoms with Crippen LogP contribution < -0.4 is 5.32 Å². The first kappa shape index (κ1) is 12.8. The van der Waals surface area contributed by atoms with Gasteiger partial charge in [0.05, 0.1) is 6.04 Å². The third-order valence-corrected chi connectivity index (χ3v) is 2.94. The normalized spacial score (nSPS) is 12.7. The summed E-state index contributed by atoms with van der Waals surface area (Å²) in [6.45, 7) is 9.05. The zero-order valence-electron chi connectivity index (χ0n) is 11.3. The first-order valence-corrected chi connectivity index (χ1v) is 6.26. The van der Waals surface area contributed by atoms with Crippen LogP contribution in [-0.4, -0.2) is 16.7 Å². The molecule has 0 aliphatic carbocycles. The first-order chi connectivity index (χ1) is 8.61. The van der Waals surface area contributed by atoms with Crippen molar-refractivity contribution >= 4 is 0 Å². The van der Waals surface area contributed by atoms with E-state index in [1.54, 1.807) is 0 Å². The number of nitrogens with zero attached hydrogens (tertiary/aromatic N) is 2. The number of aryl methyl sites for hydroxylation is 2. The number of nitrogens with one attached hydrogen (secondary N) is 1. The second kappa shape index (κ2) is 5.31. The lowest BCUT2D eigenvalue weighted by Crippen LogP contribution is -2.17. The van der Waals surface area contributed by atoms with Crippen LogP contribution in [0.5, 0.6) is 0 Å². The maximum atomic E-state index is 5.74. The van der Waals surface area contributed by atoms with Crippen molar-refractivity contribution in [3.63, 3.8) is 0 Å². The molecule has 0 fully saturated rings. The quantitative estimate of drug-likeness (QED) is 0.899. The largest absolute Gasteiger partial charge is 0.419 e. The van der Waals surface area contributed by atoms with Crippen LogP contribution in [0.25, 0.3) is 11.5 Å². The number of aromatic nitrogens is 2.